The fourth-order valence-corrected chi connectivity index (χ4v) is 2.90. The molecule has 0 radical (unpaired) electrons. The highest BCUT2D eigenvalue weighted by Gasteiger charge is 2.14. The van der Waals surface area contributed by atoms with Crippen molar-refractivity contribution in [1.29, 1.82) is 0 Å². The Labute approximate surface area is 126 Å². The fourth-order valence-electron chi connectivity index (χ4n) is 1.89. The number of thioether (sulfide) groups is 1. The molecule has 1 heterocycles. The lowest BCUT2D eigenvalue weighted by Gasteiger charge is -2.07. The molecule has 0 unspecified atom stereocenters. The zero-order chi connectivity index (χ0) is 14.7. The van der Waals surface area contributed by atoms with E-state index in [-0.39, 0.29) is 5.75 Å². The van der Waals surface area contributed by atoms with Gasteiger partial charge in [-0.2, -0.15) is 0 Å². The van der Waals surface area contributed by atoms with E-state index in [0.29, 0.717) is 22.5 Å². The SMILES string of the molecule is CCn1c(SCC(=O)O)nnc1-c1cc(C)cc(Cl)c1. The highest BCUT2D eigenvalue weighted by molar-refractivity contribution is 7.99. The van der Waals surface area contributed by atoms with Gasteiger partial charge in [0.15, 0.2) is 11.0 Å². The number of nitrogens with zero attached hydrogens (tertiary/aromatic N) is 3. The van der Waals surface area contributed by atoms with Gasteiger partial charge in [-0.05, 0) is 37.6 Å². The predicted molar refractivity (Wildman–Crippen MR) is 79.2 cm³/mol. The molecule has 106 valence electrons. The molecule has 7 heteroatoms. The first-order valence-electron chi connectivity index (χ1n) is 6.06. The fraction of sp³-hybridized carbons (Fsp3) is 0.308. The number of hydrogen-bond donors (Lipinski definition) is 1. The molecule has 1 N–H and O–H groups in total. The Morgan fingerprint density at radius 3 is 2.75 bits per heavy atom. The van der Waals surface area contributed by atoms with Crippen LogP contribution in [0.4, 0.5) is 0 Å². The van der Waals surface area contributed by atoms with E-state index in [1.807, 2.05) is 36.6 Å². The molecule has 0 atom stereocenters. The summed E-state index contributed by atoms with van der Waals surface area (Å²) in [5.74, 6) is -0.209. The Morgan fingerprint density at radius 2 is 2.15 bits per heavy atom. The summed E-state index contributed by atoms with van der Waals surface area (Å²) >= 11 is 7.23. The van der Waals surface area contributed by atoms with Crippen molar-refractivity contribution in [2.24, 2.45) is 0 Å². The monoisotopic (exact) mass is 311 g/mol. The molecule has 1 aromatic heterocycles. The summed E-state index contributed by atoms with van der Waals surface area (Å²) in [6, 6.07) is 5.68. The van der Waals surface area contributed by atoms with E-state index in [2.05, 4.69) is 10.2 Å². The average Bonchev–Trinajstić information content (AvgIpc) is 2.77. The van der Waals surface area contributed by atoms with Crippen molar-refractivity contribution in [3.05, 3.63) is 28.8 Å². The van der Waals surface area contributed by atoms with Crippen molar-refractivity contribution < 1.29 is 9.90 Å². The van der Waals surface area contributed by atoms with E-state index in [9.17, 15) is 4.79 Å². The maximum absolute atomic E-state index is 10.6. The average molecular weight is 312 g/mol. The van der Waals surface area contributed by atoms with Crippen LogP contribution in [0.3, 0.4) is 0 Å². The smallest absolute Gasteiger partial charge is 0.313 e. The number of aryl methyl sites for hydroxylation is 1. The van der Waals surface area contributed by atoms with Crippen LogP contribution in [0.15, 0.2) is 23.4 Å². The lowest BCUT2D eigenvalue weighted by Crippen LogP contribution is -2.03. The number of halogens is 1. The first kappa shape index (κ1) is 14.9. The Morgan fingerprint density at radius 1 is 1.40 bits per heavy atom. The molecule has 0 saturated carbocycles. The third kappa shape index (κ3) is 3.32. The van der Waals surface area contributed by atoms with Crippen LogP contribution in [-0.2, 0) is 11.3 Å². The Kier molecular flexibility index (Phi) is 4.67. The lowest BCUT2D eigenvalue weighted by molar-refractivity contribution is -0.133. The van der Waals surface area contributed by atoms with E-state index >= 15 is 0 Å². The van der Waals surface area contributed by atoms with Crippen LogP contribution in [0.25, 0.3) is 11.4 Å². The maximum atomic E-state index is 10.6. The van der Waals surface area contributed by atoms with Crippen LogP contribution >= 0.6 is 23.4 Å². The summed E-state index contributed by atoms with van der Waals surface area (Å²) in [6.45, 7) is 4.59. The molecule has 2 rings (SSSR count). The largest absolute Gasteiger partial charge is 0.481 e. The second-order valence-corrected chi connectivity index (χ2v) is 5.63. The molecule has 2 aromatic rings. The minimum atomic E-state index is -0.874. The number of carboxylic acid groups (broad SMARTS) is 1. The van der Waals surface area contributed by atoms with Crippen molar-refractivity contribution in [2.75, 3.05) is 5.75 Å². The van der Waals surface area contributed by atoms with E-state index in [1.165, 1.54) is 0 Å². The van der Waals surface area contributed by atoms with Crippen molar-refractivity contribution in [1.82, 2.24) is 14.8 Å². The van der Waals surface area contributed by atoms with Gasteiger partial charge in [-0.15, -0.1) is 10.2 Å². The van der Waals surface area contributed by atoms with Gasteiger partial charge in [0.05, 0.1) is 5.75 Å². The standard InChI is InChI=1S/C13H14ClN3O2S/c1-3-17-12(9-4-8(2)5-10(14)6-9)15-16-13(17)20-7-11(18)19/h4-6H,3,7H2,1-2H3,(H,18,19). The Hall–Kier alpha value is -1.53. The number of carboxylic acids is 1. The minimum Gasteiger partial charge on any atom is -0.481 e. The maximum Gasteiger partial charge on any atom is 0.313 e. The highest BCUT2D eigenvalue weighted by atomic mass is 35.5. The molecular weight excluding hydrogens is 298 g/mol. The second-order valence-electron chi connectivity index (χ2n) is 4.25. The van der Waals surface area contributed by atoms with E-state index in [1.54, 1.807) is 0 Å². The van der Waals surface area contributed by atoms with Gasteiger partial charge in [0.2, 0.25) is 0 Å². The molecular formula is C13H14ClN3O2S. The number of rotatable bonds is 5. The third-order valence-corrected chi connectivity index (χ3v) is 3.83. The van der Waals surface area contributed by atoms with Crippen molar-refractivity contribution in [3.63, 3.8) is 0 Å². The molecule has 0 fully saturated rings. The summed E-state index contributed by atoms with van der Waals surface area (Å²) < 4.78 is 1.89. The number of carbonyl (C=O) groups is 1. The van der Waals surface area contributed by atoms with Crippen LogP contribution < -0.4 is 0 Å². The van der Waals surface area contributed by atoms with Crippen LogP contribution in [0.1, 0.15) is 12.5 Å². The molecule has 5 nitrogen and oxygen atoms in total. The molecule has 1 aromatic carbocycles. The molecule has 0 amide bonds. The van der Waals surface area contributed by atoms with E-state index < -0.39 is 5.97 Å². The Bertz CT molecular complexity index is 622. The lowest BCUT2D eigenvalue weighted by atomic mass is 10.1. The molecule has 0 aliphatic rings. The summed E-state index contributed by atoms with van der Waals surface area (Å²) in [6.07, 6.45) is 0. The van der Waals surface area contributed by atoms with Gasteiger partial charge >= 0.3 is 5.97 Å². The van der Waals surface area contributed by atoms with Gasteiger partial charge in [-0.25, -0.2) is 0 Å². The van der Waals surface area contributed by atoms with Gasteiger partial charge in [0.1, 0.15) is 0 Å². The summed E-state index contributed by atoms with van der Waals surface area (Å²) in [4.78, 5) is 10.6. The van der Waals surface area contributed by atoms with Gasteiger partial charge < -0.3 is 9.67 Å². The first-order valence-corrected chi connectivity index (χ1v) is 7.43. The Balaban J connectivity index is 2.39. The van der Waals surface area contributed by atoms with E-state index in [4.69, 9.17) is 16.7 Å². The molecule has 0 bridgehead atoms. The molecule has 20 heavy (non-hydrogen) atoms. The number of aliphatic carboxylic acids is 1. The van der Waals surface area contributed by atoms with Gasteiger partial charge in [-0.1, -0.05) is 23.4 Å². The zero-order valence-corrected chi connectivity index (χ0v) is 12.7. The topological polar surface area (TPSA) is 68.0 Å². The molecule has 0 spiro atoms. The van der Waals surface area contributed by atoms with Gasteiger partial charge in [0.25, 0.3) is 0 Å². The third-order valence-electron chi connectivity index (χ3n) is 2.66. The quantitative estimate of drug-likeness (QED) is 0.859. The molecule has 0 saturated heterocycles. The predicted octanol–water partition coefficient (Wildman–Crippen LogP) is 3.10. The van der Waals surface area contributed by atoms with E-state index in [0.717, 1.165) is 22.9 Å². The van der Waals surface area contributed by atoms with Crippen LogP contribution in [0.5, 0.6) is 0 Å². The first-order chi connectivity index (χ1) is 9.51. The minimum absolute atomic E-state index is 0.0350. The highest BCUT2D eigenvalue weighted by Crippen LogP contribution is 2.26. The van der Waals surface area contributed by atoms with Crippen LogP contribution in [0.2, 0.25) is 5.02 Å². The normalized spacial score (nSPS) is 10.8. The summed E-state index contributed by atoms with van der Waals surface area (Å²) in [5, 5.41) is 18.2. The van der Waals surface area contributed by atoms with Crippen molar-refractivity contribution in [2.45, 2.75) is 25.5 Å². The molecule has 0 aliphatic heterocycles. The number of benzene rings is 1. The van der Waals surface area contributed by atoms with Crippen LogP contribution in [-0.4, -0.2) is 31.6 Å². The van der Waals surface area contributed by atoms with Crippen molar-refractivity contribution in [3.8, 4) is 11.4 Å². The zero-order valence-electron chi connectivity index (χ0n) is 11.1. The van der Waals surface area contributed by atoms with Crippen LogP contribution in [0, 0.1) is 6.92 Å². The molecule has 0 aliphatic carbocycles. The number of aromatic nitrogens is 3. The second kappa shape index (κ2) is 6.28. The number of hydrogen-bond acceptors (Lipinski definition) is 4. The van der Waals surface area contributed by atoms with Gasteiger partial charge in [-0.3, -0.25) is 4.79 Å². The summed E-state index contributed by atoms with van der Waals surface area (Å²) in [7, 11) is 0. The van der Waals surface area contributed by atoms with Gasteiger partial charge in [0, 0.05) is 17.1 Å². The summed E-state index contributed by atoms with van der Waals surface area (Å²) in [5.41, 5.74) is 1.92. The van der Waals surface area contributed by atoms with Crippen molar-refractivity contribution >= 4 is 29.3 Å².